The molecule has 0 unspecified atom stereocenters. The lowest BCUT2D eigenvalue weighted by molar-refractivity contribution is -0.682. The standard InChI is InChI=1S/C15H22ClN3O2/c1-4-10(2)18-15(21)19-14(20)9-17-11(3)12-7-5-6-8-13(12)16/h5-8,10-11,17H,4,9H2,1-3H3,(H2,18,19,20,21)/p+1/t10-,11+/m0/s1. The first kappa shape index (κ1) is 17.5. The van der Waals surface area contributed by atoms with E-state index in [0.717, 1.165) is 12.0 Å². The zero-order valence-electron chi connectivity index (χ0n) is 12.7. The van der Waals surface area contributed by atoms with Gasteiger partial charge in [-0.15, -0.1) is 0 Å². The Labute approximate surface area is 130 Å². The van der Waals surface area contributed by atoms with Crippen molar-refractivity contribution in [2.45, 2.75) is 39.3 Å². The highest BCUT2D eigenvalue weighted by Gasteiger charge is 2.15. The molecule has 5 nitrogen and oxygen atoms in total. The number of nitrogens with two attached hydrogens (primary N) is 1. The zero-order chi connectivity index (χ0) is 15.8. The van der Waals surface area contributed by atoms with Crippen molar-refractivity contribution in [3.8, 4) is 0 Å². The van der Waals surface area contributed by atoms with Crippen molar-refractivity contribution >= 4 is 23.5 Å². The molecule has 21 heavy (non-hydrogen) atoms. The molecule has 0 aliphatic heterocycles. The van der Waals surface area contributed by atoms with Gasteiger partial charge in [-0.1, -0.05) is 36.7 Å². The molecule has 4 N–H and O–H groups in total. The summed E-state index contributed by atoms with van der Waals surface area (Å²) in [5.41, 5.74) is 0.969. The van der Waals surface area contributed by atoms with Gasteiger partial charge in [-0.3, -0.25) is 10.1 Å². The molecule has 0 saturated heterocycles. The van der Waals surface area contributed by atoms with Gasteiger partial charge >= 0.3 is 6.03 Å². The molecule has 2 atom stereocenters. The van der Waals surface area contributed by atoms with E-state index in [-0.39, 0.29) is 24.5 Å². The third kappa shape index (κ3) is 6.14. The van der Waals surface area contributed by atoms with E-state index in [2.05, 4.69) is 10.6 Å². The molecule has 3 amide bonds. The van der Waals surface area contributed by atoms with Crippen LogP contribution in [0.5, 0.6) is 0 Å². The number of carbonyl (C=O) groups excluding carboxylic acids is 2. The highest BCUT2D eigenvalue weighted by molar-refractivity contribution is 6.31. The maximum absolute atomic E-state index is 11.7. The van der Waals surface area contributed by atoms with Crippen LogP contribution < -0.4 is 16.0 Å². The van der Waals surface area contributed by atoms with Gasteiger partial charge < -0.3 is 10.6 Å². The van der Waals surface area contributed by atoms with Gasteiger partial charge in [-0.05, 0) is 26.3 Å². The Kier molecular flexibility index (Phi) is 7.19. The highest BCUT2D eigenvalue weighted by atomic mass is 35.5. The van der Waals surface area contributed by atoms with E-state index in [4.69, 9.17) is 11.6 Å². The topological polar surface area (TPSA) is 74.8 Å². The van der Waals surface area contributed by atoms with Crippen LogP contribution in [0.15, 0.2) is 24.3 Å². The number of hydrogen-bond acceptors (Lipinski definition) is 2. The van der Waals surface area contributed by atoms with Crippen molar-refractivity contribution in [2.75, 3.05) is 6.54 Å². The van der Waals surface area contributed by atoms with Crippen LogP contribution in [0.4, 0.5) is 4.79 Å². The predicted octanol–water partition coefficient (Wildman–Crippen LogP) is 1.59. The molecule has 0 fully saturated rings. The molecule has 0 aliphatic rings. The fourth-order valence-electron chi connectivity index (χ4n) is 1.79. The van der Waals surface area contributed by atoms with Gasteiger partial charge in [0.1, 0.15) is 6.04 Å². The number of quaternary nitrogens is 1. The minimum absolute atomic E-state index is 0.0436. The number of benzene rings is 1. The summed E-state index contributed by atoms with van der Waals surface area (Å²) in [6, 6.07) is 7.16. The Morgan fingerprint density at radius 3 is 2.57 bits per heavy atom. The van der Waals surface area contributed by atoms with Crippen LogP contribution in [-0.2, 0) is 4.79 Å². The number of nitrogens with one attached hydrogen (secondary N) is 2. The van der Waals surface area contributed by atoms with Gasteiger partial charge in [0.25, 0.3) is 5.91 Å². The largest absolute Gasteiger partial charge is 0.335 e. The molecule has 6 heteroatoms. The van der Waals surface area contributed by atoms with Crippen molar-refractivity contribution in [1.82, 2.24) is 10.6 Å². The van der Waals surface area contributed by atoms with Crippen molar-refractivity contribution in [2.24, 2.45) is 0 Å². The van der Waals surface area contributed by atoms with Crippen molar-refractivity contribution in [3.05, 3.63) is 34.9 Å². The van der Waals surface area contributed by atoms with Gasteiger partial charge in [-0.2, -0.15) is 0 Å². The van der Waals surface area contributed by atoms with Gasteiger partial charge in [0.2, 0.25) is 0 Å². The van der Waals surface area contributed by atoms with Crippen LogP contribution in [0.2, 0.25) is 5.02 Å². The molecule has 0 radical (unpaired) electrons. The van der Waals surface area contributed by atoms with Crippen LogP contribution in [0.25, 0.3) is 0 Å². The highest BCUT2D eigenvalue weighted by Crippen LogP contribution is 2.19. The minimum Gasteiger partial charge on any atom is -0.335 e. The Bertz CT molecular complexity index is 494. The van der Waals surface area contributed by atoms with Crippen LogP contribution in [0, 0.1) is 0 Å². The molecule has 0 spiro atoms. The molecule has 0 aliphatic carbocycles. The van der Waals surface area contributed by atoms with Crippen LogP contribution in [0.3, 0.4) is 0 Å². The molecule has 0 bridgehead atoms. The Morgan fingerprint density at radius 2 is 1.95 bits per heavy atom. The number of carbonyl (C=O) groups is 2. The van der Waals surface area contributed by atoms with Gasteiger partial charge in [0.05, 0.1) is 0 Å². The number of hydrogen-bond donors (Lipinski definition) is 3. The Hall–Kier alpha value is -1.59. The maximum Gasteiger partial charge on any atom is 0.321 e. The van der Waals surface area contributed by atoms with Crippen molar-refractivity contribution < 1.29 is 14.9 Å². The first-order valence-corrected chi connectivity index (χ1v) is 7.50. The zero-order valence-corrected chi connectivity index (χ0v) is 13.4. The van der Waals surface area contributed by atoms with Crippen LogP contribution in [0.1, 0.15) is 38.8 Å². The van der Waals surface area contributed by atoms with E-state index in [1.54, 1.807) is 0 Å². The SMILES string of the molecule is CC[C@H](C)NC(=O)NC(=O)C[NH2+][C@H](C)c1ccccc1Cl. The lowest BCUT2D eigenvalue weighted by Crippen LogP contribution is -2.87. The Morgan fingerprint density at radius 1 is 1.29 bits per heavy atom. The second kappa shape index (κ2) is 8.64. The molecule has 1 rings (SSSR count). The third-order valence-electron chi connectivity index (χ3n) is 3.30. The van der Waals surface area contributed by atoms with Gasteiger partial charge in [-0.25, -0.2) is 4.79 Å². The quantitative estimate of drug-likeness (QED) is 0.746. The van der Waals surface area contributed by atoms with E-state index >= 15 is 0 Å². The fourth-order valence-corrected chi connectivity index (χ4v) is 2.10. The molecule has 116 valence electrons. The van der Waals surface area contributed by atoms with E-state index < -0.39 is 6.03 Å². The summed E-state index contributed by atoms with van der Waals surface area (Å²) >= 11 is 6.11. The van der Waals surface area contributed by atoms with Crippen molar-refractivity contribution in [3.63, 3.8) is 0 Å². The van der Waals surface area contributed by atoms with Gasteiger partial charge in [0.15, 0.2) is 6.54 Å². The number of halogens is 1. The molecular weight excluding hydrogens is 290 g/mol. The summed E-state index contributed by atoms with van der Waals surface area (Å²) in [4.78, 5) is 23.2. The predicted molar refractivity (Wildman–Crippen MR) is 83.1 cm³/mol. The van der Waals surface area contributed by atoms with E-state index in [1.807, 2.05) is 50.4 Å². The molecule has 0 saturated carbocycles. The molecule has 1 aromatic rings. The molecule has 1 aromatic carbocycles. The summed E-state index contributed by atoms with van der Waals surface area (Å²) in [5, 5.41) is 7.51. The normalized spacial score (nSPS) is 13.3. The molecule has 0 heterocycles. The average Bonchev–Trinajstić information content (AvgIpc) is 2.44. The van der Waals surface area contributed by atoms with E-state index in [1.165, 1.54) is 0 Å². The monoisotopic (exact) mass is 312 g/mol. The second-order valence-corrected chi connectivity index (χ2v) is 5.49. The van der Waals surface area contributed by atoms with E-state index in [0.29, 0.717) is 5.02 Å². The summed E-state index contributed by atoms with van der Waals surface area (Å²) in [6.07, 6.45) is 0.817. The summed E-state index contributed by atoms with van der Waals surface area (Å²) in [5.74, 6) is -0.324. The number of imide groups is 1. The lowest BCUT2D eigenvalue weighted by atomic mass is 10.1. The smallest absolute Gasteiger partial charge is 0.321 e. The Balaban J connectivity index is 2.39. The average molecular weight is 313 g/mol. The fraction of sp³-hybridized carbons (Fsp3) is 0.467. The third-order valence-corrected chi connectivity index (χ3v) is 3.64. The number of amides is 3. The van der Waals surface area contributed by atoms with Crippen molar-refractivity contribution in [1.29, 1.82) is 0 Å². The molecular formula is C15H23ClN3O2+. The lowest BCUT2D eigenvalue weighted by Gasteiger charge is -2.13. The van der Waals surface area contributed by atoms with Gasteiger partial charge in [0, 0.05) is 16.6 Å². The summed E-state index contributed by atoms with van der Waals surface area (Å²) < 4.78 is 0. The number of urea groups is 1. The first-order valence-electron chi connectivity index (χ1n) is 7.12. The first-order chi connectivity index (χ1) is 9.93. The van der Waals surface area contributed by atoms with E-state index in [9.17, 15) is 9.59 Å². The second-order valence-electron chi connectivity index (χ2n) is 5.08. The molecule has 0 aromatic heterocycles. The van der Waals surface area contributed by atoms with Crippen LogP contribution in [-0.4, -0.2) is 24.5 Å². The maximum atomic E-state index is 11.7. The number of rotatable bonds is 6. The summed E-state index contributed by atoms with van der Waals surface area (Å²) in [6.45, 7) is 5.98. The minimum atomic E-state index is -0.451. The van der Waals surface area contributed by atoms with Crippen LogP contribution >= 0.6 is 11.6 Å². The summed E-state index contributed by atoms with van der Waals surface area (Å²) in [7, 11) is 0.